The zero-order valence-corrected chi connectivity index (χ0v) is 16.2. The summed E-state index contributed by atoms with van der Waals surface area (Å²) < 4.78 is 73.0. The fourth-order valence-corrected chi connectivity index (χ4v) is 4.08. The van der Waals surface area contributed by atoms with E-state index in [9.17, 15) is 0 Å². The average molecular weight is 410 g/mol. The monoisotopic (exact) mass is 409 g/mol. The van der Waals surface area contributed by atoms with Crippen molar-refractivity contribution in [1.29, 1.82) is 0 Å². The maximum absolute atomic E-state index is 8.56. The highest BCUT2D eigenvalue weighted by molar-refractivity contribution is 7.99. The standard InChI is InChI=1S/C24H23N3OS/c1-2-6-18(7-3-1)17-28-19-10-11-21-23(16-19)29-22-9-5-4-8-20(22)24(26-21)27-14-12-25-13-15-27/h1-11,16,25H,12-15,17H2/i12D2,13D2,14D2,15D2. The van der Waals surface area contributed by atoms with Gasteiger partial charge < -0.3 is 15.0 Å². The summed E-state index contributed by atoms with van der Waals surface area (Å²) in [6, 6.07) is 21.8. The summed E-state index contributed by atoms with van der Waals surface area (Å²) in [6.07, 6.45) is 0. The van der Waals surface area contributed by atoms with Gasteiger partial charge in [-0.3, -0.25) is 0 Å². The van der Waals surface area contributed by atoms with Crippen LogP contribution in [0.1, 0.15) is 22.1 Å². The van der Waals surface area contributed by atoms with Crippen molar-refractivity contribution in [3.05, 3.63) is 83.9 Å². The third-order valence-corrected chi connectivity index (χ3v) is 5.55. The lowest BCUT2D eigenvalue weighted by molar-refractivity contribution is 0.305. The van der Waals surface area contributed by atoms with E-state index in [1.807, 2.05) is 35.6 Å². The van der Waals surface area contributed by atoms with E-state index >= 15 is 0 Å². The average Bonchev–Trinajstić information content (AvgIpc) is 2.98. The first-order valence-corrected chi connectivity index (χ1v) is 9.92. The lowest BCUT2D eigenvalue weighted by Gasteiger charge is -2.30. The van der Waals surface area contributed by atoms with Crippen LogP contribution in [-0.2, 0) is 6.61 Å². The number of aliphatic imine (C=N–C) groups is 1. The molecule has 1 saturated heterocycles. The van der Waals surface area contributed by atoms with E-state index in [-0.39, 0.29) is 5.84 Å². The molecule has 2 aliphatic rings. The molecule has 0 atom stereocenters. The number of nitrogens with zero attached hydrogens (tertiary/aromatic N) is 2. The minimum absolute atomic E-state index is 0.205. The van der Waals surface area contributed by atoms with Crippen LogP contribution in [0, 0.1) is 0 Å². The van der Waals surface area contributed by atoms with E-state index in [4.69, 9.17) is 15.7 Å². The Morgan fingerprint density at radius 2 is 1.76 bits per heavy atom. The van der Waals surface area contributed by atoms with Gasteiger partial charge in [-0.2, -0.15) is 0 Å². The Hall–Kier alpha value is -2.76. The van der Waals surface area contributed by atoms with Gasteiger partial charge in [-0.15, -0.1) is 0 Å². The van der Waals surface area contributed by atoms with Gasteiger partial charge in [-0.05, 0) is 29.8 Å². The smallest absolute Gasteiger partial charge is 0.137 e. The van der Waals surface area contributed by atoms with Gasteiger partial charge in [-0.1, -0.05) is 60.3 Å². The summed E-state index contributed by atoms with van der Waals surface area (Å²) in [5.41, 5.74) is 1.76. The Kier molecular flexibility index (Phi) is 3.28. The van der Waals surface area contributed by atoms with Crippen LogP contribution in [0.5, 0.6) is 5.75 Å². The number of amidine groups is 1. The van der Waals surface area contributed by atoms with Gasteiger partial charge in [0.05, 0.1) is 11.2 Å². The second-order valence-electron chi connectivity index (χ2n) is 6.37. The molecule has 2 aliphatic heterocycles. The van der Waals surface area contributed by atoms with E-state index in [2.05, 4.69) is 4.99 Å². The molecule has 146 valence electrons. The fraction of sp³-hybridized carbons (Fsp3) is 0.208. The molecule has 5 rings (SSSR count). The zero-order valence-electron chi connectivity index (χ0n) is 23.3. The second kappa shape index (κ2) is 8.31. The van der Waals surface area contributed by atoms with Crippen molar-refractivity contribution in [2.45, 2.75) is 16.4 Å². The minimum atomic E-state index is -3.00. The van der Waals surface area contributed by atoms with Gasteiger partial charge in [0.25, 0.3) is 0 Å². The topological polar surface area (TPSA) is 36.9 Å². The number of hydrogen-bond acceptors (Lipinski definition) is 5. The molecule has 0 unspecified atom stereocenters. The molecule has 1 fully saturated rings. The highest BCUT2D eigenvalue weighted by Crippen LogP contribution is 2.42. The van der Waals surface area contributed by atoms with E-state index in [0.29, 0.717) is 38.3 Å². The molecular weight excluding hydrogens is 378 g/mol. The first kappa shape index (κ1) is 11.4. The van der Waals surface area contributed by atoms with Crippen molar-refractivity contribution in [2.75, 3.05) is 26.0 Å². The summed E-state index contributed by atoms with van der Waals surface area (Å²) in [5.74, 6) is 0.385. The van der Waals surface area contributed by atoms with E-state index < -0.39 is 26.0 Å². The highest BCUT2D eigenvalue weighted by atomic mass is 32.2. The van der Waals surface area contributed by atoms with Crippen molar-refractivity contribution in [2.24, 2.45) is 4.99 Å². The van der Waals surface area contributed by atoms with Crippen LogP contribution < -0.4 is 10.1 Å². The fourth-order valence-electron chi connectivity index (χ4n) is 3.04. The van der Waals surface area contributed by atoms with Crippen molar-refractivity contribution in [1.82, 2.24) is 10.2 Å². The van der Waals surface area contributed by atoms with Crippen LogP contribution in [0.2, 0.25) is 0 Å². The molecular formula is C24H23N3OS. The molecule has 1 N–H and O–H groups in total. The Labute approximate surface area is 186 Å². The molecule has 0 amide bonds. The van der Waals surface area contributed by atoms with Gasteiger partial charge >= 0.3 is 0 Å². The number of ether oxygens (including phenoxy) is 1. The SMILES string of the molecule is [2H]C1([2H])NC([2H])([2H])C([2H])([2H])N(C2=Nc3ccc(OCc4ccccc4)cc3Sc3ccccc32)C1([2H])[2H]. The predicted molar refractivity (Wildman–Crippen MR) is 118 cm³/mol. The number of benzene rings is 3. The van der Waals surface area contributed by atoms with Crippen LogP contribution >= 0.6 is 11.8 Å². The van der Waals surface area contributed by atoms with E-state index in [1.54, 1.807) is 42.5 Å². The largest absolute Gasteiger partial charge is 0.489 e. The van der Waals surface area contributed by atoms with Gasteiger partial charge in [0, 0.05) is 46.8 Å². The van der Waals surface area contributed by atoms with Crippen LogP contribution in [-0.4, -0.2) is 36.7 Å². The minimum Gasteiger partial charge on any atom is -0.489 e. The molecule has 5 heteroatoms. The summed E-state index contributed by atoms with van der Waals surface area (Å²) in [6.45, 7) is -11.5. The zero-order chi connectivity index (χ0) is 26.6. The Bertz CT molecular complexity index is 1340. The molecule has 4 nitrogen and oxygen atoms in total. The number of fused-ring (bicyclic) bond motifs is 2. The Morgan fingerprint density at radius 3 is 2.62 bits per heavy atom. The van der Waals surface area contributed by atoms with Gasteiger partial charge in [-0.25, -0.2) is 4.99 Å². The van der Waals surface area contributed by atoms with Crippen LogP contribution in [0.4, 0.5) is 5.69 Å². The molecule has 0 saturated carbocycles. The number of nitrogens with one attached hydrogen (secondary N) is 1. The Morgan fingerprint density at radius 1 is 0.966 bits per heavy atom. The number of piperazine rings is 1. The van der Waals surface area contributed by atoms with Crippen LogP contribution in [0.15, 0.2) is 87.6 Å². The van der Waals surface area contributed by atoms with Crippen LogP contribution in [0.25, 0.3) is 0 Å². The molecule has 0 radical (unpaired) electrons. The van der Waals surface area contributed by atoms with Crippen LogP contribution in [0.3, 0.4) is 0 Å². The van der Waals surface area contributed by atoms with Gasteiger partial charge in [0.15, 0.2) is 0 Å². The first-order valence-electron chi connectivity index (χ1n) is 13.1. The summed E-state index contributed by atoms with van der Waals surface area (Å²) >= 11 is 1.34. The summed E-state index contributed by atoms with van der Waals surface area (Å²) in [7, 11) is 0. The quantitative estimate of drug-likeness (QED) is 0.679. The molecule has 2 heterocycles. The van der Waals surface area contributed by atoms with Crippen molar-refractivity contribution in [3.63, 3.8) is 0 Å². The Balaban J connectivity index is 1.62. The molecule has 0 spiro atoms. The van der Waals surface area contributed by atoms with Gasteiger partial charge in [0.1, 0.15) is 18.2 Å². The normalized spacial score (nSPS) is 26.8. The summed E-state index contributed by atoms with van der Waals surface area (Å²) in [5, 5.41) is 1.87. The maximum atomic E-state index is 8.56. The second-order valence-corrected chi connectivity index (χ2v) is 7.46. The predicted octanol–water partition coefficient (Wildman–Crippen LogP) is 4.71. The molecule has 29 heavy (non-hydrogen) atoms. The number of hydrogen-bond donors (Lipinski definition) is 1. The molecule has 0 aliphatic carbocycles. The van der Waals surface area contributed by atoms with Crippen molar-refractivity contribution >= 4 is 23.3 Å². The third kappa shape index (κ3) is 4.02. The molecule has 3 aromatic rings. The van der Waals surface area contributed by atoms with E-state index in [0.717, 1.165) is 5.56 Å². The van der Waals surface area contributed by atoms with Crippen molar-refractivity contribution < 1.29 is 15.7 Å². The first-order chi connectivity index (χ1) is 17.3. The molecule has 0 aromatic heterocycles. The van der Waals surface area contributed by atoms with E-state index in [1.165, 1.54) is 11.8 Å². The van der Waals surface area contributed by atoms with Gasteiger partial charge in [0.2, 0.25) is 0 Å². The third-order valence-electron chi connectivity index (χ3n) is 4.43. The summed E-state index contributed by atoms with van der Waals surface area (Å²) in [4.78, 5) is 6.41. The number of rotatable bonds is 3. The van der Waals surface area contributed by atoms with Crippen molar-refractivity contribution in [3.8, 4) is 5.75 Å². The molecule has 0 bridgehead atoms. The lowest BCUT2D eigenvalue weighted by Crippen LogP contribution is -2.46. The maximum Gasteiger partial charge on any atom is 0.137 e. The highest BCUT2D eigenvalue weighted by Gasteiger charge is 2.23. The lowest BCUT2D eigenvalue weighted by atomic mass is 10.1. The molecule has 3 aromatic carbocycles.